The standard InChI is InChI=1S/C24H28BN/c1-4-20-16-23(19(3)15-18(20)2)17-26-13-10-22(11-14-26)24-8-6-5-7-21(24)9-12-25/h4-8,15-16,22H,1,10-11,13-14,17,25H2,2-3H3. The van der Waals surface area contributed by atoms with Gasteiger partial charge in [0.15, 0.2) is 7.85 Å². The molecule has 0 aromatic heterocycles. The number of nitrogens with zero attached hydrogens (tertiary/aromatic N) is 1. The van der Waals surface area contributed by atoms with Crippen molar-refractivity contribution in [2.24, 2.45) is 0 Å². The van der Waals surface area contributed by atoms with Crippen molar-refractivity contribution >= 4 is 13.9 Å². The predicted molar refractivity (Wildman–Crippen MR) is 115 cm³/mol. The summed E-state index contributed by atoms with van der Waals surface area (Å²) >= 11 is 0. The average Bonchev–Trinajstić information content (AvgIpc) is 2.65. The largest absolute Gasteiger partial charge is 0.299 e. The molecule has 0 unspecified atom stereocenters. The van der Waals surface area contributed by atoms with Crippen LogP contribution in [0.3, 0.4) is 0 Å². The maximum Gasteiger partial charge on any atom is 0.196 e. The maximum absolute atomic E-state index is 3.95. The van der Waals surface area contributed by atoms with Crippen LogP contribution in [0.15, 0.2) is 43.0 Å². The Bertz CT molecular complexity index is 848. The molecule has 1 saturated heterocycles. The number of rotatable bonds is 4. The van der Waals surface area contributed by atoms with Gasteiger partial charge in [-0.25, -0.2) is 0 Å². The normalized spacial score (nSPS) is 15.3. The van der Waals surface area contributed by atoms with E-state index in [1.54, 1.807) is 0 Å². The zero-order valence-electron chi connectivity index (χ0n) is 16.3. The van der Waals surface area contributed by atoms with Gasteiger partial charge in [0.05, 0.1) is 0 Å². The van der Waals surface area contributed by atoms with Gasteiger partial charge in [-0.3, -0.25) is 4.90 Å². The Kier molecular flexibility index (Phi) is 6.02. The monoisotopic (exact) mass is 341 g/mol. The zero-order valence-corrected chi connectivity index (χ0v) is 16.3. The van der Waals surface area contributed by atoms with E-state index >= 15 is 0 Å². The molecule has 0 radical (unpaired) electrons. The second-order valence-electron chi connectivity index (χ2n) is 7.35. The van der Waals surface area contributed by atoms with E-state index in [2.05, 4.69) is 73.5 Å². The van der Waals surface area contributed by atoms with E-state index < -0.39 is 0 Å². The van der Waals surface area contributed by atoms with Crippen molar-refractivity contribution in [2.45, 2.75) is 39.2 Å². The first-order valence-electron chi connectivity index (χ1n) is 9.59. The van der Waals surface area contributed by atoms with Crippen molar-refractivity contribution in [3.05, 3.63) is 76.4 Å². The second kappa shape index (κ2) is 8.43. The summed E-state index contributed by atoms with van der Waals surface area (Å²) in [4.78, 5) is 2.59. The predicted octanol–water partition coefficient (Wildman–Crippen LogP) is 4.27. The molecule has 2 aromatic carbocycles. The van der Waals surface area contributed by atoms with Gasteiger partial charge < -0.3 is 0 Å². The van der Waals surface area contributed by atoms with Crippen molar-refractivity contribution in [1.29, 1.82) is 0 Å². The summed E-state index contributed by atoms with van der Waals surface area (Å²) < 4.78 is 0. The van der Waals surface area contributed by atoms with E-state index in [4.69, 9.17) is 0 Å². The third kappa shape index (κ3) is 4.11. The average molecular weight is 341 g/mol. The van der Waals surface area contributed by atoms with Crippen molar-refractivity contribution < 1.29 is 0 Å². The second-order valence-corrected chi connectivity index (χ2v) is 7.35. The highest BCUT2D eigenvalue weighted by molar-refractivity contribution is 6.22. The van der Waals surface area contributed by atoms with Crippen LogP contribution in [0.4, 0.5) is 0 Å². The van der Waals surface area contributed by atoms with Gasteiger partial charge >= 0.3 is 0 Å². The Morgan fingerprint density at radius 2 is 1.88 bits per heavy atom. The summed E-state index contributed by atoms with van der Waals surface area (Å²) in [7, 11) is 1.92. The van der Waals surface area contributed by atoms with E-state index in [0.717, 1.165) is 19.6 Å². The van der Waals surface area contributed by atoms with Gasteiger partial charge in [0.25, 0.3) is 0 Å². The van der Waals surface area contributed by atoms with E-state index in [1.807, 2.05) is 13.9 Å². The van der Waals surface area contributed by atoms with Crippen LogP contribution in [0.25, 0.3) is 6.08 Å². The molecule has 1 nitrogen and oxygen atoms in total. The van der Waals surface area contributed by atoms with Crippen LogP contribution in [0.2, 0.25) is 0 Å². The third-order valence-electron chi connectivity index (χ3n) is 5.59. The van der Waals surface area contributed by atoms with E-state index in [-0.39, 0.29) is 0 Å². The lowest BCUT2D eigenvalue weighted by Gasteiger charge is -2.33. The highest BCUT2D eigenvalue weighted by Crippen LogP contribution is 2.31. The number of likely N-dealkylation sites (tertiary alicyclic amines) is 1. The van der Waals surface area contributed by atoms with Gasteiger partial charge in [-0.05, 0) is 85.6 Å². The number of hydrogen-bond donors (Lipinski definition) is 0. The molecule has 1 aliphatic rings. The van der Waals surface area contributed by atoms with Crippen LogP contribution in [-0.4, -0.2) is 25.8 Å². The molecule has 26 heavy (non-hydrogen) atoms. The van der Waals surface area contributed by atoms with Gasteiger partial charge in [0, 0.05) is 12.1 Å². The minimum atomic E-state index is 0.631. The molecule has 132 valence electrons. The van der Waals surface area contributed by atoms with Crippen LogP contribution < -0.4 is 0 Å². The van der Waals surface area contributed by atoms with Gasteiger partial charge in [0.1, 0.15) is 0 Å². The zero-order chi connectivity index (χ0) is 18.5. The third-order valence-corrected chi connectivity index (χ3v) is 5.59. The Balaban J connectivity index is 1.68. The number of hydrogen-bond acceptors (Lipinski definition) is 1. The molecule has 3 rings (SSSR count). The van der Waals surface area contributed by atoms with Crippen LogP contribution in [-0.2, 0) is 6.54 Å². The first-order valence-corrected chi connectivity index (χ1v) is 9.59. The highest BCUT2D eigenvalue weighted by atomic mass is 15.1. The molecule has 0 N–H and O–H groups in total. The molecule has 1 heterocycles. The van der Waals surface area contributed by atoms with E-state index in [0.29, 0.717) is 5.92 Å². The fourth-order valence-electron chi connectivity index (χ4n) is 4.05. The summed E-state index contributed by atoms with van der Waals surface area (Å²) in [6.45, 7) is 11.7. The van der Waals surface area contributed by atoms with Crippen molar-refractivity contribution in [1.82, 2.24) is 4.90 Å². The Hall–Kier alpha value is -2.24. The van der Waals surface area contributed by atoms with Crippen LogP contribution in [0.1, 0.15) is 52.1 Å². The first-order chi connectivity index (χ1) is 12.6. The molecule has 0 spiro atoms. The number of benzene rings is 2. The quantitative estimate of drug-likeness (QED) is 0.593. The van der Waals surface area contributed by atoms with Gasteiger partial charge in [0.2, 0.25) is 0 Å². The maximum atomic E-state index is 3.95. The molecule has 0 aliphatic carbocycles. The fourth-order valence-corrected chi connectivity index (χ4v) is 4.05. The lowest BCUT2D eigenvalue weighted by molar-refractivity contribution is 0.204. The molecular formula is C24H28BN. The molecule has 2 heteroatoms. The minimum absolute atomic E-state index is 0.631. The Labute approximate surface area is 159 Å². The molecule has 0 atom stereocenters. The van der Waals surface area contributed by atoms with Crippen LogP contribution >= 0.6 is 0 Å². The first kappa shape index (κ1) is 18.6. The summed E-state index contributed by atoms with van der Waals surface area (Å²) in [6.07, 6.45) is 4.39. The highest BCUT2D eigenvalue weighted by Gasteiger charge is 2.22. The topological polar surface area (TPSA) is 3.24 Å². The molecule has 1 aliphatic heterocycles. The van der Waals surface area contributed by atoms with Crippen LogP contribution in [0.5, 0.6) is 0 Å². The lowest BCUT2D eigenvalue weighted by atomic mass is 9.86. The molecule has 2 aromatic rings. The van der Waals surface area contributed by atoms with E-state index in [1.165, 1.54) is 46.2 Å². The summed E-state index contributed by atoms with van der Waals surface area (Å²) in [6, 6.07) is 13.3. The fraction of sp³-hybridized carbons (Fsp3) is 0.333. The SMILES string of the molecule is BC#Cc1ccccc1C1CCN(Cc2cc(C=C)c(C)cc2C)CC1. The molecule has 0 bridgehead atoms. The number of piperidine rings is 1. The van der Waals surface area contributed by atoms with Gasteiger partial charge in [-0.2, -0.15) is 5.82 Å². The Morgan fingerprint density at radius 3 is 2.58 bits per heavy atom. The van der Waals surface area contributed by atoms with E-state index in [9.17, 15) is 0 Å². The molecule has 0 amide bonds. The summed E-state index contributed by atoms with van der Waals surface area (Å²) in [5, 5.41) is 0. The molecule has 1 fully saturated rings. The number of aryl methyl sites for hydroxylation is 2. The summed E-state index contributed by atoms with van der Waals surface area (Å²) in [5.74, 6) is 6.97. The van der Waals surface area contributed by atoms with Crippen LogP contribution in [0, 0.1) is 25.6 Å². The van der Waals surface area contributed by atoms with Gasteiger partial charge in [-0.1, -0.05) is 42.8 Å². The summed E-state index contributed by atoms with van der Waals surface area (Å²) in [5.41, 5.74) is 8.03. The Morgan fingerprint density at radius 1 is 1.15 bits per heavy atom. The smallest absolute Gasteiger partial charge is 0.196 e. The van der Waals surface area contributed by atoms with Gasteiger partial charge in [-0.15, -0.1) is 0 Å². The molecular weight excluding hydrogens is 313 g/mol. The van der Waals surface area contributed by atoms with Crippen molar-refractivity contribution in [2.75, 3.05) is 13.1 Å². The van der Waals surface area contributed by atoms with Crippen molar-refractivity contribution in [3.63, 3.8) is 0 Å². The molecule has 0 saturated carbocycles. The minimum Gasteiger partial charge on any atom is -0.299 e. The van der Waals surface area contributed by atoms with Crippen molar-refractivity contribution in [3.8, 4) is 11.7 Å². The lowest BCUT2D eigenvalue weighted by Crippen LogP contribution is -2.32.